The van der Waals surface area contributed by atoms with Crippen molar-refractivity contribution in [3.05, 3.63) is 48.0 Å². The predicted octanol–water partition coefficient (Wildman–Crippen LogP) is 2.66. The molecule has 0 radical (unpaired) electrons. The van der Waals surface area contributed by atoms with Crippen LogP contribution in [-0.4, -0.2) is 40.4 Å². The quantitative estimate of drug-likeness (QED) is 0.507. The van der Waals surface area contributed by atoms with E-state index in [1.54, 1.807) is 6.33 Å². The molecule has 142 valence electrons. The zero-order valence-electron chi connectivity index (χ0n) is 16.3. The summed E-state index contributed by atoms with van der Waals surface area (Å²) in [5, 5.41) is 15.0. The number of hydrogen-bond donors (Lipinski definition) is 2. The highest BCUT2D eigenvalue weighted by molar-refractivity contribution is 5.79. The summed E-state index contributed by atoms with van der Waals surface area (Å²) in [5.41, 5.74) is 1.33. The molecule has 1 aromatic heterocycles. The lowest BCUT2D eigenvalue weighted by atomic mass is 10.1. The Labute approximate surface area is 157 Å². The van der Waals surface area contributed by atoms with Gasteiger partial charge in [0.15, 0.2) is 5.96 Å². The lowest BCUT2D eigenvalue weighted by molar-refractivity contribution is 0.591. The number of nitrogens with zero attached hydrogens (tertiary/aromatic N) is 4. The van der Waals surface area contributed by atoms with E-state index < -0.39 is 0 Å². The van der Waals surface area contributed by atoms with Gasteiger partial charge in [-0.05, 0) is 24.3 Å². The highest BCUT2D eigenvalue weighted by Crippen LogP contribution is 2.00. The van der Waals surface area contributed by atoms with Crippen molar-refractivity contribution in [1.82, 2.24) is 25.4 Å². The first-order valence-electron chi connectivity index (χ1n) is 9.61. The summed E-state index contributed by atoms with van der Waals surface area (Å²) in [5.74, 6) is 2.56. The fourth-order valence-corrected chi connectivity index (χ4v) is 2.61. The standard InChI is InChI=1S/C20H32N6/c1-4-19-25-24-16-26(19)15-14-23-20(21-12-10-17(2)3)22-13-11-18-8-6-5-7-9-18/h5-9,16-17H,4,10-15H2,1-3H3,(H2,21,22,23). The Morgan fingerprint density at radius 3 is 2.65 bits per heavy atom. The first kappa shape index (κ1) is 19.9. The molecule has 0 atom stereocenters. The largest absolute Gasteiger partial charge is 0.356 e. The fraction of sp³-hybridized carbons (Fsp3) is 0.550. The maximum Gasteiger partial charge on any atom is 0.191 e. The van der Waals surface area contributed by atoms with Gasteiger partial charge in [-0.15, -0.1) is 10.2 Å². The highest BCUT2D eigenvalue weighted by atomic mass is 15.3. The van der Waals surface area contributed by atoms with Crippen molar-refractivity contribution in [3.8, 4) is 0 Å². The van der Waals surface area contributed by atoms with Crippen LogP contribution in [0.2, 0.25) is 0 Å². The summed E-state index contributed by atoms with van der Waals surface area (Å²) in [6.07, 6.45) is 4.76. The Morgan fingerprint density at radius 1 is 1.15 bits per heavy atom. The Balaban J connectivity index is 1.82. The Bertz CT molecular complexity index is 647. The molecule has 26 heavy (non-hydrogen) atoms. The van der Waals surface area contributed by atoms with Crippen molar-refractivity contribution in [2.45, 2.75) is 46.6 Å². The van der Waals surface area contributed by atoms with E-state index in [0.717, 1.165) is 57.2 Å². The van der Waals surface area contributed by atoms with Crippen LogP contribution in [0.3, 0.4) is 0 Å². The zero-order chi connectivity index (χ0) is 18.6. The Kier molecular flexibility index (Phi) is 8.66. The molecule has 2 N–H and O–H groups in total. The molecule has 0 spiro atoms. The average Bonchev–Trinajstić information content (AvgIpc) is 3.09. The number of benzene rings is 1. The highest BCUT2D eigenvalue weighted by Gasteiger charge is 2.03. The van der Waals surface area contributed by atoms with Gasteiger partial charge in [0, 0.05) is 32.6 Å². The summed E-state index contributed by atoms with van der Waals surface area (Å²) in [7, 11) is 0. The SMILES string of the molecule is CCc1nncn1CCNC(=NCCC(C)C)NCCc1ccccc1. The normalized spacial score (nSPS) is 11.8. The molecule has 2 rings (SSSR count). The third kappa shape index (κ3) is 7.25. The maximum absolute atomic E-state index is 4.71. The number of aryl methyl sites for hydroxylation is 1. The number of hydrogen-bond acceptors (Lipinski definition) is 3. The predicted molar refractivity (Wildman–Crippen MR) is 107 cm³/mol. The fourth-order valence-electron chi connectivity index (χ4n) is 2.61. The van der Waals surface area contributed by atoms with Gasteiger partial charge in [0.2, 0.25) is 0 Å². The van der Waals surface area contributed by atoms with Gasteiger partial charge in [0.25, 0.3) is 0 Å². The summed E-state index contributed by atoms with van der Waals surface area (Å²) in [6.45, 7) is 9.88. The zero-order valence-corrected chi connectivity index (χ0v) is 16.3. The van der Waals surface area contributed by atoms with E-state index in [0.29, 0.717) is 5.92 Å². The molecule has 0 saturated heterocycles. The van der Waals surface area contributed by atoms with Gasteiger partial charge in [0.1, 0.15) is 12.2 Å². The van der Waals surface area contributed by atoms with E-state index in [1.807, 2.05) is 6.07 Å². The van der Waals surface area contributed by atoms with Crippen LogP contribution in [0.25, 0.3) is 0 Å². The van der Waals surface area contributed by atoms with Crippen LogP contribution >= 0.6 is 0 Å². The molecule has 0 aliphatic rings. The van der Waals surface area contributed by atoms with Crippen LogP contribution < -0.4 is 10.6 Å². The van der Waals surface area contributed by atoms with Crippen LogP contribution in [-0.2, 0) is 19.4 Å². The van der Waals surface area contributed by atoms with Gasteiger partial charge < -0.3 is 15.2 Å². The molecule has 6 nitrogen and oxygen atoms in total. The van der Waals surface area contributed by atoms with Crippen molar-refractivity contribution < 1.29 is 0 Å². The molecule has 2 aromatic rings. The van der Waals surface area contributed by atoms with E-state index in [1.165, 1.54) is 5.56 Å². The monoisotopic (exact) mass is 356 g/mol. The number of aromatic nitrogens is 3. The van der Waals surface area contributed by atoms with Crippen LogP contribution in [0.4, 0.5) is 0 Å². The van der Waals surface area contributed by atoms with Crippen molar-refractivity contribution in [2.75, 3.05) is 19.6 Å². The molecule has 0 saturated carbocycles. The van der Waals surface area contributed by atoms with E-state index in [4.69, 9.17) is 4.99 Å². The van der Waals surface area contributed by atoms with E-state index in [2.05, 4.69) is 70.4 Å². The summed E-state index contributed by atoms with van der Waals surface area (Å²) in [4.78, 5) is 4.71. The smallest absolute Gasteiger partial charge is 0.191 e. The summed E-state index contributed by atoms with van der Waals surface area (Å²) in [6, 6.07) is 10.5. The molecule has 1 heterocycles. The minimum absolute atomic E-state index is 0.661. The minimum atomic E-state index is 0.661. The molecule has 0 unspecified atom stereocenters. The lowest BCUT2D eigenvalue weighted by Gasteiger charge is -2.14. The molecular weight excluding hydrogens is 324 g/mol. The number of guanidine groups is 1. The van der Waals surface area contributed by atoms with Crippen molar-refractivity contribution in [3.63, 3.8) is 0 Å². The van der Waals surface area contributed by atoms with Gasteiger partial charge in [0.05, 0.1) is 0 Å². The summed E-state index contributed by atoms with van der Waals surface area (Å²) >= 11 is 0. The Hall–Kier alpha value is -2.37. The molecular formula is C20H32N6. The second-order valence-corrected chi connectivity index (χ2v) is 6.80. The van der Waals surface area contributed by atoms with Gasteiger partial charge in [-0.1, -0.05) is 51.1 Å². The van der Waals surface area contributed by atoms with E-state index in [-0.39, 0.29) is 0 Å². The van der Waals surface area contributed by atoms with E-state index in [9.17, 15) is 0 Å². The van der Waals surface area contributed by atoms with Gasteiger partial charge >= 0.3 is 0 Å². The van der Waals surface area contributed by atoms with Crippen molar-refractivity contribution in [2.24, 2.45) is 10.9 Å². The molecule has 0 aliphatic carbocycles. The van der Waals surface area contributed by atoms with Crippen molar-refractivity contribution in [1.29, 1.82) is 0 Å². The number of aliphatic imine (C=N–C) groups is 1. The van der Waals surface area contributed by atoms with Gasteiger partial charge in [-0.2, -0.15) is 0 Å². The number of rotatable bonds is 10. The molecule has 0 fully saturated rings. The maximum atomic E-state index is 4.71. The molecule has 0 aliphatic heterocycles. The van der Waals surface area contributed by atoms with Gasteiger partial charge in [-0.3, -0.25) is 4.99 Å². The molecule has 1 aromatic carbocycles. The number of nitrogens with one attached hydrogen (secondary N) is 2. The topological polar surface area (TPSA) is 67.1 Å². The first-order chi connectivity index (χ1) is 12.7. The third-order valence-electron chi connectivity index (χ3n) is 4.18. The third-order valence-corrected chi connectivity index (χ3v) is 4.18. The lowest BCUT2D eigenvalue weighted by Crippen LogP contribution is -2.40. The first-order valence-corrected chi connectivity index (χ1v) is 9.61. The van der Waals surface area contributed by atoms with E-state index >= 15 is 0 Å². The Morgan fingerprint density at radius 2 is 1.92 bits per heavy atom. The van der Waals surface area contributed by atoms with Crippen LogP contribution in [0.15, 0.2) is 41.7 Å². The van der Waals surface area contributed by atoms with Crippen LogP contribution in [0.1, 0.15) is 38.6 Å². The molecule has 0 bridgehead atoms. The van der Waals surface area contributed by atoms with Gasteiger partial charge in [-0.25, -0.2) is 0 Å². The minimum Gasteiger partial charge on any atom is -0.356 e. The van der Waals surface area contributed by atoms with Crippen molar-refractivity contribution >= 4 is 5.96 Å². The second-order valence-electron chi connectivity index (χ2n) is 6.80. The summed E-state index contributed by atoms with van der Waals surface area (Å²) < 4.78 is 2.09. The molecule has 0 amide bonds. The molecule has 6 heteroatoms. The second kappa shape index (κ2) is 11.3. The van der Waals surface area contributed by atoms with Crippen LogP contribution in [0, 0.1) is 5.92 Å². The average molecular weight is 357 g/mol. The van der Waals surface area contributed by atoms with Crippen LogP contribution in [0.5, 0.6) is 0 Å².